The number of nitrogens with zero attached hydrogens (tertiary/aromatic N) is 4. The van der Waals surface area contributed by atoms with Gasteiger partial charge in [0.15, 0.2) is 5.78 Å². The minimum atomic E-state index is -0.468. The maximum absolute atomic E-state index is 11.9. The van der Waals surface area contributed by atoms with Crippen molar-refractivity contribution in [3.05, 3.63) is 97.5 Å². The molecule has 0 saturated carbocycles. The van der Waals surface area contributed by atoms with Gasteiger partial charge in [-0.25, -0.2) is 9.97 Å². The Morgan fingerprint density at radius 3 is 2.18 bits per heavy atom. The van der Waals surface area contributed by atoms with E-state index in [1.165, 1.54) is 37.7 Å². The highest BCUT2D eigenvalue weighted by Gasteiger charge is 2.14. The fourth-order valence-electron chi connectivity index (χ4n) is 4.50. The van der Waals surface area contributed by atoms with Crippen molar-refractivity contribution >= 4 is 56.0 Å². The SMILES string of the molecule is CC.CC(C)C(=O)OCc1ccc([N+](=O)[O-])cc1.CCC#Cc1ccc(Br)c(C(=O)C(C)C)c1.CCC(CC)CCn1ccc2c(Cl)ncnc21. The van der Waals surface area contributed by atoms with Gasteiger partial charge >= 0.3 is 5.97 Å². The van der Waals surface area contributed by atoms with Crippen molar-refractivity contribution in [1.82, 2.24) is 14.5 Å². The van der Waals surface area contributed by atoms with E-state index in [0.717, 1.165) is 51.1 Å². The van der Waals surface area contributed by atoms with E-state index in [9.17, 15) is 19.7 Å². The van der Waals surface area contributed by atoms with E-state index < -0.39 is 4.92 Å². The van der Waals surface area contributed by atoms with Crippen LogP contribution in [0.25, 0.3) is 11.0 Å². The molecule has 276 valence electrons. The normalized spacial score (nSPS) is 10.2. The molecule has 0 spiro atoms. The molecule has 0 amide bonds. The fourth-order valence-corrected chi connectivity index (χ4v) is 5.13. The minimum absolute atomic E-state index is 0.00526. The van der Waals surface area contributed by atoms with Crippen LogP contribution in [0.15, 0.2) is 65.5 Å². The maximum atomic E-state index is 11.9. The number of carbonyl (C=O) groups is 2. The van der Waals surface area contributed by atoms with Gasteiger partial charge in [-0.05, 0) is 54.3 Å². The van der Waals surface area contributed by atoms with Crippen molar-refractivity contribution in [2.24, 2.45) is 17.8 Å². The van der Waals surface area contributed by atoms with E-state index in [1.807, 2.05) is 65.1 Å². The van der Waals surface area contributed by atoms with Crippen LogP contribution in [0, 0.1) is 39.7 Å². The van der Waals surface area contributed by atoms with Crippen molar-refractivity contribution in [2.45, 2.75) is 101 Å². The fraction of sp³-hybridized carbons (Fsp3) is 0.450. The van der Waals surface area contributed by atoms with E-state index >= 15 is 0 Å². The van der Waals surface area contributed by atoms with Crippen LogP contribution in [0.2, 0.25) is 5.15 Å². The first-order valence-electron chi connectivity index (χ1n) is 17.5. The molecule has 0 aliphatic carbocycles. The van der Waals surface area contributed by atoms with Crippen molar-refractivity contribution in [3.63, 3.8) is 0 Å². The number of nitro benzene ring substituents is 1. The first-order chi connectivity index (χ1) is 24.3. The van der Waals surface area contributed by atoms with E-state index in [-0.39, 0.29) is 35.9 Å². The highest BCUT2D eigenvalue weighted by molar-refractivity contribution is 9.10. The van der Waals surface area contributed by atoms with E-state index in [2.05, 4.69) is 56.2 Å². The van der Waals surface area contributed by atoms with Crippen LogP contribution in [-0.4, -0.2) is 31.2 Å². The number of ether oxygens (including phenoxy) is 1. The second kappa shape index (κ2) is 24.2. The van der Waals surface area contributed by atoms with Gasteiger partial charge < -0.3 is 9.30 Å². The van der Waals surface area contributed by atoms with E-state index in [0.29, 0.717) is 5.15 Å². The average molecular weight is 784 g/mol. The number of nitro groups is 1. The van der Waals surface area contributed by atoms with Crippen LogP contribution >= 0.6 is 27.5 Å². The second-order valence-electron chi connectivity index (χ2n) is 11.9. The van der Waals surface area contributed by atoms with Gasteiger partial charge in [0.1, 0.15) is 23.7 Å². The molecule has 2 heterocycles. The lowest BCUT2D eigenvalue weighted by Crippen LogP contribution is -2.11. The first-order valence-corrected chi connectivity index (χ1v) is 18.7. The highest BCUT2D eigenvalue weighted by atomic mass is 79.9. The second-order valence-corrected chi connectivity index (χ2v) is 13.1. The van der Waals surface area contributed by atoms with Gasteiger partial charge in [0.05, 0.1) is 16.2 Å². The Morgan fingerprint density at radius 1 is 0.980 bits per heavy atom. The molecule has 0 unspecified atom stereocenters. The average Bonchev–Trinajstić information content (AvgIpc) is 3.56. The van der Waals surface area contributed by atoms with Gasteiger partial charge in [-0.2, -0.15) is 0 Å². The van der Waals surface area contributed by atoms with Crippen molar-refractivity contribution in [2.75, 3.05) is 0 Å². The quantitative estimate of drug-likeness (QED) is 0.0371. The number of fused-ring (bicyclic) bond motifs is 1. The molecule has 0 radical (unpaired) electrons. The smallest absolute Gasteiger partial charge is 0.308 e. The summed E-state index contributed by atoms with van der Waals surface area (Å²) in [7, 11) is 0. The predicted octanol–water partition coefficient (Wildman–Crippen LogP) is 11.3. The molecule has 51 heavy (non-hydrogen) atoms. The molecule has 4 rings (SSSR count). The number of rotatable bonds is 11. The van der Waals surface area contributed by atoms with Gasteiger partial charge in [-0.1, -0.05) is 115 Å². The molecular weight excluding hydrogens is 732 g/mol. The monoisotopic (exact) mass is 782 g/mol. The molecule has 0 fully saturated rings. The summed E-state index contributed by atoms with van der Waals surface area (Å²) < 4.78 is 7.99. The van der Waals surface area contributed by atoms with Gasteiger partial charge in [0.2, 0.25) is 0 Å². The zero-order chi connectivity index (χ0) is 38.5. The van der Waals surface area contributed by atoms with Crippen molar-refractivity contribution in [1.29, 1.82) is 0 Å². The molecule has 2 aromatic carbocycles. The molecule has 9 nitrogen and oxygen atoms in total. The van der Waals surface area contributed by atoms with Crippen molar-refractivity contribution in [3.8, 4) is 11.8 Å². The third-order valence-electron chi connectivity index (χ3n) is 7.61. The van der Waals surface area contributed by atoms with Gasteiger partial charge in [-0.3, -0.25) is 19.7 Å². The maximum Gasteiger partial charge on any atom is 0.308 e. The Kier molecular flexibility index (Phi) is 21.3. The van der Waals surface area contributed by atoms with Crippen LogP contribution in [-0.2, 0) is 22.7 Å². The molecule has 4 aromatic rings. The zero-order valence-corrected chi connectivity index (χ0v) is 33.7. The Hall–Kier alpha value is -4.07. The summed E-state index contributed by atoms with van der Waals surface area (Å²) in [6, 6.07) is 13.6. The summed E-state index contributed by atoms with van der Waals surface area (Å²) in [5, 5.41) is 11.9. The number of hydrogen-bond acceptors (Lipinski definition) is 7. The lowest BCUT2D eigenvalue weighted by atomic mass is 9.99. The van der Waals surface area contributed by atoms with Gasteiger partial charge in [0.25, 0.3) is 5.69 Å². The molecule has 0 aliphatic heterocycles. The standard InChI is InChI=1S/C14H15BrO.C13H18ClN3.C11H13NO4.C2H6/c1-4-5-6-11-7-8-13(15)12(9-11)14(16)10(2)3;1-3-10(4-2)5-7-17-8-6-11-12(14)15-9-16-13(11)17;1-8(2)11(13)16-7-9-3-5-10(6-4-9)12(14)15;1-2/h7-10H,4H2,1-3H3;6,8-10H,3-5,7H2,1-2H3;3-6,8H,7H2,1-2H3;1-2H3. The third-order valence-corrected chi connectivity index (χ3v) is 8.60. The first kappa shape index (κ1) is 45.0. The zero-order valence-electron chi connectivity index (χ0n) is 31.3. The Labute approximate surface area is 316 Å². The lowest BCUT2D eigenvalue weighted by Gasteiger charge is -2.12. The Morgan fingerprint density at radius 2 is 1.63 bits per heavy atom. The van der Waals surface area contributed by atoms with Crippen LogP contribution in [0.3, 0.4) is 0 Å². The summed E-state index contributed by atoms with van der Waals surface area (Å²) in [6.07, 6.45) is 8.07. The van der Waals surface area contributed by atoms with Crippen LogP contribution in [0.4, 0.5) is 5.69 Å². The number of aromatic nitrogens is 3. The summed E-state index contributed by atoms with van der Waals surface area (Å²) >= 11 is 9.42. The summed E-state index contributed by atoms with van der Waals surface area (Å²) in [5.74, 6) is 6.53. The summed E-state index contributed by atoms with van der Waals surface area (Å²) in [6.45, 7) is 19.0. The summed E-state index contributed by atoms with van der Waals surface area (Å²) in [4.78, 5) is 41.3. The van der Waals surface area contributed by atoms with Gasteiger partial charge in [0, 0.05) is 52.8 Å². The number of carbonyl (C=O) groups excluding carboxylic acids is 2. The predicted molar refractivity (Wildman–Crippen MR) is 211 cm³/mol. The highest BCUT2D eigenvalue weighted by Crippen LogP contribution is 2.23. The van der Waals surface area contributed by atoms with Gasteiger partial charge in [-0.15, -0.1) is 0 Å². The molecule has 0 saturated heterocycles. The molecule has 11 heteroatoms. The number of aryl methyl sites for hydroxylation is 1. The number of Topliss-reactive ketones (excluding diaryl/α,β-unsaturated/α-hetero) is 1. The van der Waals surface area contributed by atoms with E-state index in [4.69, 9.17) is 16.3 Å². The molecule has 0 bridgehead atoms. The number of halogens is 2. The largest absolute Gasteiger partial charge is 0.461 e. The number of hydrogen-bond donors (Lipinski definition) is 0. The van der Waals surface area contributed by atoms with Crippen LogP contribution < -0.4 is 0 Å². The minimum Gasteiger partial charge on any atom is -0.461 e. The molecular formula is C40H52BrClN4O5. The molecule has 0 N–H and O–H groups in total. The van der Waals surface area contributed by atoms with Crippen LogP contribution in [0.5, 0.6) is 0 Å². The molecule has 0 atom stereocenters. The molecule has 2 aromatic heterocycles. The number of esters is 1. The lowest BCUT2D eigenvalue weighted by molar-refractivity contribution is -0.384. The third kappa shape index (κ3) is 15.4. The number of benzene rings is 2. The number of non-ortho nitro benzene ring substituents is 1. The topological polar surface area (TPSA) is 117 Å². The van der Waals surface area contributed by atoms with Crippen molar-refractivity contribution < 1.29 is 19.2 Å². The number of ketones is 1. The van der Waals surface area contributed by atoms with E-state index in [1.54, 1.807) is 26.0 Å². The summed E-state index contributed by atoms with van der Waals surface area (Å²) in [5.41, 5.74) is 3.32. The van der Waals surface area contributed by atoms with Crippen LogP contribution in [0.1, 0.15) is 109 Å². The Bertz CT molecular complexity index is 1740. The molecule has 0 aliphatic rings. The Balaban J connectivity index is 0.000000373.